The summed E-state index contributed by atoms with van der Waals surface area (Å²) in [7, 11) is 3.27. The van der Waals surface area contributed by atoms with Crippen molar-refractivity contribution in [2.24, 2.45) is 0 Å². The minimum Gasteiger partial charge on any atom is -0.497 e. The summed E-state index contributed by atoms with van der Waals surface area (Å²) in [4.78, 5) is 30.1. The van der Waals surface area contributed by atoms with Crippen LogP contribution in [0.25, 0.3) is 10.9 Å². The van der Waals surface area contributed by atoms with Crippen molar-refractivity contribution in [1.29, 1.82) is 0 Å². The Bertz CT molecular complexity index is 1120. The molecule has 2 aromatic carbocycles. The Balaban J connectivity index is 1.73. The first-order chi connectivity index (χ1) is 15.5. The number of carbonyl (C=O) groups excluding carboxylic acids is 2. The van der Waals surface area contributed by atoms with Crippen LogP contribution in [0.4, 0.5) is 4.79 Å². The summed E-state index contributed by atoms with van der Waals surface area (Å²) >= 11 is 0. The number of benzene rings is 2. The predicted molar refractivity (Wildman–Crippen MR) is 120 cm³/mol. The number of hydrogen-bond acceptors (Lipinski definition) is 5. The predicted octanol–water partition coefficient (Wildman–Crippen LogP) is 3.41. The van der Waals surface area contributed by atoms with Crippen molar-refractivity contribution in [3.63, 3.8) is 0 Å². The van der Waals surface area contributed by atoms with Gasteiger partial charge in [-0.05, 0) is 54.8 Å². The number of nitrogens with zero attached hydrogens (tertiary/aromatic N) is 1. The molecule has 0 saturated heterocycles. The summed E-state index contributed by atoms with van der Waals surface area (Å²) < 4.78 is 15.6. The highest BCUT2D eigenvalue weighted by Crippen LogP contribution is 2.39. The van der Waals surface area contributed by atoms with Gasteiger partial charge in [-0.2, -0.15) is 0 Å². The SMILES string of the molecule is CCOC(=O)CNC(=O)N1CCc2c([nH]c3ccc(OC)cc23)[C@H]1c1ccc(OC)cc1. The van der Waals surface area contributed by atoms with Crippen molar-refractivity contribution in [2.45, 2.75) is 19.4 Å². The highest BCUT2D eigenvalue weighted by atomic mass is 16.5. The molecule has 0 spiro atoms. The molecule has 1 atom stereocenters. The first-order valence-corrected chi connectivity index (χ1v) is 10.6. The average Bonchev–Trinajstić information content (AvgIpc) is 3.20. The Morgan fingerprint density at radius 3 is 2.50 bits per heavy atom. The molecule has 2 amide bonds. The van der Waals surface area contributed by atoms with Crippen LogP contribution in [0.15, 0.2) is 42.5 Å². The van der Waals surface area contributed by atoms with Crippen LogP contribution in [0.3, 0.4) is 0 Å². The summed E-state index contributed by atoms with van der Waals surface area (Å²) in [6.07, 6.45) is 0.683. The Hall–Kier alpha value is -3.68. The van der Waals surface area contributed by atoms with Gasteiger partial charge in [0, 0.05) is 23.1 Å². The summed E-state index contributed by atoms with van der Waals surface area (Å²) in [6, 6.07) is 12.9. The van der Waals surface area contributed by atoms with E-state index in [1.165, 1.54) is 0 Å². The maximum Gasteiger partial charge on any atom is 0.325 e. The summed E-state index contributed by atoms with van der Waals surface area (Å²) in [6.45, 7) is 2.34. The van der Waals surface area contributed by atoms with Crippen LogP contribution >= 0.6 is 0 Å². The molecule has 8 nitrogen and oxygen atoms in total. The Kier molecular flexibility index (Phi) is 6.20. The fraction of sp³-hybridized carbons (Fsp3) is 0.333. The molecule has 0 radical (unpaired) electrons. The lowest BCUT2D eigenvalue weighted by atomic mass is 9.92. The normalized spacial score (nSPS) is 15.2. The van der Waals surface area contributed by atoms with Gasteiger partial charge < -0.3 is 29.4 Å². The molecule has 168 valence electrons. The lowest BCUT2D eigenvalue weighted by molar-refractivity contribution is -0.141. The number of esters is 1. The number of rotatable bonds is 6. The average molecular weight is 437 g/mol. The molecule has 1 aliphatic heterocycles. The van der Waals surface area contributed by atoms with Crippen molar-refractivity contribution in [2.75, 3.05) is 33.9 Å². The number of amides is 2. The van der Waals surface area contributed by atoms with Crippen LogP contribution in [0.1, 0.15) is 29.8 Å². The third kappa shape index (κ3) is 4.08. The van der Waals surface area contributed by atoms with E-state index >= 15 is 0 Å². The van der Waals surface area contributed by atoms with E-state index in [-0.39, 0.29) is 25.2 Å². The van der Waals surface area contributed by atoms with Crippen molar-refractivity contribution < 1.29 is 23.8 Å². The highest BCUT2D eigenvalue weighted by molar-refractivity contribution is 5.88. The number of aromatic amines is 1. The van der Waals surface area contributed by atoms with Gasteiger partial charge >= 0.3 is 12.0 Å². The molecule has 1 aliphatic rings. The second kappa shape index (κ2) is 9.21. The molecule has 0 fully saturated rings. The molecule has 32 heavy (non-hydrogen) atoms. The van der Waals surface area contributed by atoms with E-state index in [1.807, 2.05) is 42.5 Å². The largest absolute Gasteiger partial charge is 0.497 e. The number of aromatic nitrogens is 1. The zero-order valence-corrected chi connectivity index (χ0v) is 18.4. The van der Waals surface area contributed by atoms with Crippen LogP contribution in [0, 0.1) is 0 Å². The topological polar surface area (TPSA) is 92.9 Å². The number of carbonyl (C=O) groups is 2. The van der Waals surface area contributed by atoms with Crippen molar-refractivity contribution in [3.8, 4) is 11.5 Å². The Morgan fingerprint density at radius 2 is 1.81 bits per heavy atom. The third-order valence-electron chi connectivity index (χ3n) is 5.72. The molecule has 0 bridgehead atoms. The van der Waals surface area contributed by atoms with E-state index in [4.69, 9.17) is 14.2 Å². The molecule has 4 rings (SSSR count). The fourth-order valence-corrected chi connectivity index (χ4v) is 4.21. The van der Waals surface area contributed by atoms with Gasteiger partial charge in [-0.1, -0.05) is 12.1 Å². The zero-order chi connectivity index (χ0) is 22.7. The number of methoxy groups -OCH3 is 2. The molecule has 0 unspecified atom stereocenters. The van der Waals surface area contributed by atoms with Gasteiger partial charge in [0.25, 0.3) is 0 Å². The van der Waals surface area contributed by atoms with Gasteiger partial charge in [0.05, 0.1) is 26.9 Å². The summed E-state index contributed by atoms with van der Waals surface area (Å²) in [5, 5.41) is 3.78. The second-order valence-corrected chi connectivity index (χ2v) is 7.51. The molecule has 0 saturated carbocycles. The number of nitrogens with one attached hydrogen (secondary N) is 2. The quantitative estimate of drug-likeness (QED) is 0.577. The first-order valence-electron chi connectivity index (χ1n) is 10.6. The number of H-pyrrole nitrogens is 1. The van der Waals surface area contributed by atoms with Gasteiger partial charge in [0.1, 0.15) is 18.0 Å². The van der Waals surface area contributed by atoms with Crippen LogP contribution in [0.2, 0.25) is 0 Å². The molecule has 2 heterocycles. The van der Waals surface area contributed by atoms with Gasteiger partial charge in [0.15, 0.2) is 0 Å². The molecule has 8 heteroatoms. The molecular formula is C24H27N3O5. The molecule has 2 N–H and O–H groups in total. The third-order valence-corrected chi connectivity index (χ3v) is 5.72. The highest BCUT2D eigenvalue weighted by Gasteiger charge is 2.34. The number of ether oxygens (including phenoxy) is 3. The minimum absolute atomic E-state index is 0.171. The first kappa shape index (κ1) is 21.5. The lowest BCUT2D eigenvalue weighted by Gasteiger charge is -2.36. The second-order valence-electron chi connectivity index (χ2n) is 7.51. The Morgan fingerprint density at radius 1 is 1.09 bits per heavy atom. The number of urea groups is 1. The molecular weight excluding hydrogens is 410 g/mol. The van der Waals surface area contributed by atoms with Crippen molar-refractivity contribution in [1.82, 2.24) is 15.2 Å². The van der Waals surface area contributed by atoms with Crippen molar-refractivity contribution in [3.05, 3.63) is 59.3 Å². The van der Waals surface area contributed by atoms with Gasteiger partial charge in [-0.15, -0.1) is 0 Å². The minimum atomic E-state index is -0.461. The summed E-state index contributed by atoms with van der Waals surface area (Å²) in [5.74, 6) is 1.07. The van der Waals surface area contributed by atoms with E-state index in [2.05, 4.69) is 10.3 Å². The van der Waals surface area contributed by atoms with Gasteiger partial charge in [-0.25, -0.2) is 4.79 Å². The lowest BCUT2D eigenvalue weighted by Crippen LogP contribution is -2.47. The van der Waals surface area contributed by atoms with Crippen LogP contribution in [-0.2, 0) is 16.0 Å². The monoisotopic (exact) mass is 437 g/mol. The van der Waals surface area contributed by atoms with Crippen LogP contribution in [0.5, 0.6) is 11.5 Å². The standard InChI is InChI=1S/C24H27N3O5/c1-4-32-21(28)14-25-24(29)27-12-11-18-19-13-17(31-3)9-10-20(19)26-22(18)23(27)15-5-7-16(30-2)8-6-15/h5-10,13,23,26H,4,11-12,14H2,1-3H3,(H,25,29)/t23-/m1/s1. The fourth-order valence-electron chi connectivity index (χ4n) is 4.21. The van der Waals surface area contributed by atoms with Crippen molar-refractivity contribution >= 4 is 22.9 Å². The Labute approximate surface area is 186 Å². The molecule has 1 aromatic heterocycles. The molecule has 0 aliphatic carbocycles. The van der Waals surface area contributed by atoms with E-state index < -0.39 is 5.97 Å². The number of fused-ring (bicyclic) bond motifs is 3. The van der Waals surface area contributed by atoms with E-state index in [0.717, 1.165) is 39.2 Å². The summed E-state index contributed by atoms with van der Waals surface area (Å²) in [5.41, 5.74) is 4.05. The van der Waals surface area contributed by atoms with E-state index in [9.17, 15) is 9.59 Å². The maximum absolute atomic E-state index is 13.1. The van der Waals surface area contributed by atoms with E-state index in [1.54, 1.807) is 26.0 Å². The molecule has 3 aromatic rings. The van der Waals surface area contributed by atoms with Crippen LogP contribution < -0.4 is 14.8 Å². The van der Waals surface area contributed by atoms with Gasteiger partial charge in [-0.3, -0.25) is 4.79 Å². The smallest absolute Gasteiger partial charge is 0.325 e. The van der Waals surface area contributed by atoms with Gasteiger partial charge in [0.2, 0.25) is 0 Å². The van der Waals surface area contributed by atoms with Crippen LogP contribution in [-0.4, -0.2) is 55.8 Å². The van der Waals surface area contributed by atoms with E-state index in [0.29, 0.717) is 13.0 Å². The zero-order valence-electron chi connectivity index (χ0n) is 18.4. The number of hydrogen-bond donors (Lipinski definition) is 2. The maximum atomic E-state index is 13.1.